The molecule has 1 rings (SSSR count). The average molecular weight is 222 g/mol. The highest BCUT2D eigenvalue weighted by atomic mass is 16.5. The fourth-order valence-corrected chi connectivity index (χ4v) is 1.49. The first kappa shape index (κ1) is 13.0. The average Bonchev–Trinajstić information content (AvgIpc) is 2.16. The zero-order valence-electron chi connectivity index (χ0n) is 10.9. The number of ether oxygens (including phenoxy) is 1. The minimum Gasteiger partial charge on any atom is -0.474 e. The first-order chi connectivity index (χ1) is 7.45. The Morgan fingerprint density at radius 2 is 1.94 bits per heavy atom. The molecule has 1 atom stereocenters. The van der Waals surface area contributed by atoms with Crippen LogP contribution in [0.25, 0.3) is 0 Å². The Labute approximate surface area is 98.0 Å². The second-order valence-corrected chi connectivity index (χ2v) is 4.64. The minimum atomic E-state index is 0.152. The van der Waals surface area contributed by atoms with E-state index in [1.807, 2.05) is 19.9 Å². The zero-order valence-corrected chi connectivity index (χ0v) is 10.9. The maximum Gasteiger partial charge on any atom is 0.218 e. The van der Waals surface area contributed by atoms with Gasteiger partial charge in [0.1, 0.15) is 0 Å². The molecule has 0 amide bonds. The number of hydrogen-bond acceptors (Lipinski definition) is 3. The van der Waals surface area contributed by atoms with E-state index in [1.165, 1.54) is 0 Å². The topological polar surface area (TPSA) is 48.1 Å². The number of hydrogen-bond donors (Lipinski definition) is 1. The van der Waals surface area contributed by atoms with Gasteiger partial charge in [0, 0.05) is 17.8 Å². The quantitative estimate of drug-likeness (QED) is 0.851. The SMILES string of the molecule is Cc1cc(C)c(CN)c(OC(C)C(C)C)n1. The van der Waals surface area contributed by atoms with Crippen LogP contribution in [0.2, 0.25) is 0 Å². The summed E-state index contributed by atoms with van der Waals surface area (Å²) in [6.07, 6.45) is 0.152. The standard InChI is InChI=1S/C13H22N2O/c1-8(2)11(5)16-13-12(7-14)9(3)6-10(4)15-13/h6,8,11H,7,14H2,1-5H3. The van der Waals surface area contributed by atoms with E-state index in [0.717, 1.165) is 16.8 Å². The Kier molecular flexibility index (Phi) is 4.30. The third kappa shape index (κ3) is 2.95. The van der Waals surface area contributed by atoms with Gasteiger partial charge in [0.25, 0.3) is 0 Å². The molecule has 0 aliphatic heterocycles. The second-order valence-electron chi connectivity index (χ2n) is 4.64. The van der Waals surface area contributed by atoms with Crippen molar-refractivity contribution in [3.05, 3.63) is 22.9 Å². The maximum absolute atomic E-state index is 5.87. The van der Waals surface area contributed by atoms with Crippen molar-refractivity contribution in [2.45, 2.75) is 47.3 Å². The maximum atomic E-state index is 5.87. The van der Waals surface area contributed by atoms with Crippen LogP contribution in [-0.2, 0) is 6.54 Å². The summed E-state index contributed by atoms with van der Waals surface area (Å²) in [6, 6.07) is 2.04. The molecule has 0 saturated carbocycles. The van der Waals surface area contributed by atoms with Crippen molar-refractivity contribution in [3.63, 3.8) is 0 Å². The van der Waals surface area contributed by atoms with Crippen molar-refractivity contribution in [2.75, 3.05) is 0 Å². The summed E-state index contributed by atoms with van der Waals surface area (Å²) in [4.78, 5) is 4.42. The van der Waals surface area contributed by atoms with Crippen LogP contribution in [-0.4, -0.2) is 11.1 Å². The van der Waals surface area contributed by atoms with Crippen molar-refractivity contribution in [3.8, 4) is 5.88 Å². The van der Waals surface area contributed by atoms with Crippen LogP contribution < -0.4 is 10.5 Å². The Balaban J connectivity index is 3.02. The summed E-state index contributed by atoms with van der Waals surface area (Å²) in [5.74, 6) is 1.16. The number of aromatic nitrogens is 1. The van der Waals surface area contributed by atoms with Crippen molar-refractivity contribution in [1.82, 2.24) is 4.98 Å². The predicted molar refractivity (Wildman–Crippen MR) is 66.5 cm³/mol. The summed E-state index contributed by atoms with van der Waals surface area (Å²) in [5.41, 5.74) is 8.87. The van der Waals surface area contributed by atoms with E-state index in [4.69, 9.17) is 10.5 Å². The Hall–Kier alpha value is -1.09. The molecule has 0 fully saturated rings. The van der Waals surface area contributed by atoms with Crippen molar-refractivity contribution < 1.29 is 4.74 Å². The molecule has 90 valence electrons. The summed E-state index contributed by atoms with van der Waals surface area (Å²) in [7, 11) is 0. The van der Waals surface area contributed by atoms with Gasteiger partial charge in [-0.1, -0.05) is 13.8 Å². The van der Waals surface area contributed by atoms with E-state index < -0.39 is 0 Å². The third-order valence-corrected chi connectivity index (χ3v) is 2.88. The first-order valence-corrected chi connectivity index (χ1v) is 5.79. The van der Waals surface area contributed by atoms with E-state index in [0.29, 0.717) is 18.3 Å². The molecular formula is C13H22N2O. The van der Waals surface area contributed by atoms with Crippen LogP contribution in [0.1, 0.15) is 37.6 Å². The molecule has 0 aliphatic rings. The van der Waals surface area contributed by atoms with E-state index in [2.05, 4.69) is 25.8 Å². The van der Waals surface area contributed by atoms with Crippen molar-refractivity contribution in [1.29, 1.82) is 0 Å². The van der Waals surface area contributed by atoms with Crippen molar-refractivity contribution in [2.24, 2.45) is 11.7 Å². The van der Waals surface area contributed by atoms with Gasteiger partial charge in [-0.2, -0.15) is 0 Å². The molecule has 16 heavy (non-hydrogen) atoms. The first-order valence-electron chi connectivity index (χ1n) is 5.79. The lowest BCUT2D eigenvalue weighted by molar-refractivity contribution is 0.161. The van der Waals surface area contributed by atoms with E-state index in [1.54, 1.807) is 0 Å². The highest BCUT2D eigenvalue weighted by molar-refractivity contribution is 5.35. The number of aryl methyl sites for hydroxylation is 2. The van der Waals surface area contributed by atoms with Crippen LogP contribution in [0.4, 0.5) is 0 Å². The molecule has 1 unspecified atom stereocenters. The highest BCUT2D eigenvalue weighted by Crippen LogP contribution is 2.22. The monoisotopic (exact) mass is 222 g/mol. The van der Waals surface area contributed by atoms with Crippen molar-refractivity contribution >= 4 is 0 Å². The van der Waals surface area contributed by atoms with Gasteiger partial charge in [-0.15, -0.1) is 0 Å². The second kappa shape index (κ2) is 5.30. The van der Waals surface area contributed by atoms with Crippen LogP contribution >= 0.6 is 0 Å². The third-order valence-electron chi connectivity index (χ3n) is 2.88. The summed E-state index contributed by atoms with van der Waals surface area (Å²) in [6.45, 7) is 10.8. The summed E-state index contributed by atoms with van der Waals surface area (Å²) < 4.78 is 5.87. The van der Waals surface area contributed by atoms with Gasteiger partial charge < -0.3 is 10.5 Å². The molecule has 3 heteroatoms. The van der Waals surface area contributed by atoms with Gasteiger partial charge in [0.05, 0.1) is 6.10 Å². The van der Waals surface area contributed by atoms with E-state index in [9.17, 15) is 0 Å². The molecule has 1 aromatic heterocycles. The van der Waals surface area contributed by atoms with E-state index >= 15 is 0 Å². The fraction of sp³-hybridized carbons (Fsp3) is 0.615. The molecule has 1 heterocycles. The largest absolute Gasteiger partial charge is 0.474 e. The summed E-state index contributed by atoms with van der Waals surface area (Å²) >= 11 is 0. The molecule has 0 aliphatic carbocycles. The molecule has 0 spiro atoms. The van der Waals surface area contributed by atoms with E-state index in [-0.39, 0.29) is 6.10 Å². The van der Waals surface area contributed by atoms with Crippen LogP contribution in [0.15, 0.2) is 6.07 Å². The smallest absolute Gasteiger partial charge is 0.218 e. The zero-order chi connectivity index (χ0) is 12.3. The summed E-state index contributed by atoms with van der Waals surface area (Å²) in [5, 5.41) is 0. The Morgan fingerprint density at radius 3 is 2.44 bits per heavy atom. The van der Waals surface area contributed by atoms with Gasteiger partial charge in [-0.25, -0.2) is 4.98 Å². The lowest BCUT2D eigenvalue weighted by Crippen LogP contribution is -2.21. The van der Waals surface area contributed by atoms with Gasteiger partial charge >= 0.3 is 0 Å². The van der Waals surface area contributed by atoms with Crippen LogP contribution in [0, 0.1) is 19.8 Å². The number of pyridine rings is 1. The Bertz CT molecular complexity index is 361. The Morgan fingerprint density at radius 1 is 1.31 bits per heavy atom. The lowest BCUT2D eigenvalue weighted by Gasteiger charge is -2.20. The molecular weight excluding hydrogens is 200 g/mol. The van der Waals surface area contributed by atoms with Crippen LogP contribution in [0.5, 0.6) is 5.88 Å². The molecule has 0 aromatic carbocycles. The minimum absolute atomic E-state index is 0.152. The molecule has 0 bridgehead atoms. The van der Waals surface area contributed by atoms with Gasteiger partial charge in [0.15, 0.2) is 0 Å². The molecule has 0 saturated heterocycles. The molecule has 1 aromatic rings. The number of nitrogens with zero attached hydrogens (tertiary/aromatic N) is 1. The predicted octanol–water partition coefficient (Wildman–Crippen LogP) is 2.58. The fourth-order valence-electron chi connectivity index (χ4n) is 1.49. The lowest BCUT2D eigenvalue weighted by atomic mass is 10.1. The number of nitrogens with two attached hydrogens (primary N) is 1. The molecule has 0 radical (unpaired) electrons. The number of rotatable bonds is 4. The van der Waals surface area contributed by atoms with Gasteiger partial charge in [-0.05, 0) is 38.3 Å². The molecule has 2 N–H and O–H groups in total. The molecule has 3 nitrogen and oxygen atoms in total. The van der Waals surface area contributed by atoms with Gasteiger partial charge in [-0.3, -0.25) is 0 Å². The highest BCUT2D eigenvalue weighted by Gasteiger charge is 2.14. The normalized spacial score (nSPS) is 12.9. The van der Waals surface area contributed by atoms with Gasteiger partial charge in [0.2, 0.25) is 5.88 Å². The van der Waals surface area contributed by atoms with Crippen LogP contribution in [0.3, 0.4) is 0 Å².